The Hall–Kier alpha value is -0.370. The van der Waals surface area contributed by atoms with Crippen molar-refractivity contribution in [3.63, 3.8) is 0 Å². The normalized spacial score (nSPS) is 16.5. The van der Waals surface area contributed by atoms with Crippen LogP contribution >= 0.6 is 12.6 Å². The van der Waals surface area contributed by atoms with Crippen molar-refractivity contribution >= 4 is 12.6 Å². The first kappa shape index (κ1) is 7.29. The van der Waals surface area contributed by atoms with Gasteiger partial charge in [0.25, 0.3) is 0 Å². The van der Waals surface area contributed by atoms with Crippen molar-refractivity contribution in [1.29, 1.82) is 0 Å². The van der Waals surface area contributed by atoms with E-state index in [-0.39, 0.29) is 0 Å². The molecule has 2 heterocycles. The van der Waals surface area contributed by atoms with Crippen LogP contribution in [0.2, 0.25) is 0 Å². The largest absolute Gasteiger partial charge is 0.350 e. The minimum atomic E-state index is 1.15. The predicted octanol–water partition coefficient (Wildman–Crippen LogP) is 2.42. The Bertz CT molecular complexity index is 275. The standard InChI is InChI=1S/C9H13NS/c1-7-8-4-2-3-5-10(8)6-9(7)11/h6,11H,2-5H2,1H3. The highest BCUT2D eigenvalue weighted by atomic mass is 32.1. The molecule has 1 aliphatic heterocycles. The summed E-state index contributed by atoms with van der Waals surface area (Å²) < 4.78 is 2.35. The monoisotopic (exact) mass is 167 g/mol. The van der Waals surface area contributed by atoms with Crippen molar-refractivity contribution in [2.24, 2.45) is 0 Å². The Morgan fingerprint density at radius 1 is 1.45 bits per heavy atom. The number of hydrogen-bond donors (Lipinski definition) is 1. The Kier molecular flexibility index (Phi) is 1.72. The molecule has 60 valence electrons. The van der Waals surface area contributed by atoms with Gasteiger partial charge >= 0.3 is 0 Å². The van der Waals surface area contributed by atoms with Gasteiger partial charge in [-0.1, -0.05) is 0 Å². The first-order valence-electron chi connectivity index (χ1n) is 4.16. The van der Waals surface area contributed by atoms with Crippen molar-refractivity contribution < 1.29 is 0 Å². The van der Waals surface area contributed by atoms with Crippen molar-refractivity contribution in [3.8, 4) is 0 Å². The van der Waals surface area contributed by atoms with Crippen LogP contribution < -0.4 is 0 Å². The number of aromatic nitrogens is 1. The molecule has 0 aliphatic carbocycles. The van der Waals surface area contributed by atoms with Crippen LogP contribution in [-0.2, 0) is 13.0 Å². The van der Waals surface area contributed by atoms with Crippen molar-refractivity contribution in [3.05, 3.63) is 17.5 Å². The van der Waals surface area contributed by atoms with Gasteiger partial charge in [-0.25, -0.2) is 0 Å². The van der Waals surface area contributed by atoms with Gasteiger partial charge in [-0.2, -0.15) is 0 Å². The summed E-state index contributed by atoms with van der Waals surface area (Å²) >= 11 is 4.40. The predicted molar refractivity (Wildman–Crippen MR) is 49.4 cm³/mol. The summed E-state index contributed by atoms with van der Waals surface area (Å²) in [6.07, 6.45) is 6.08. The highest BCUT2D eigenvalue weighted by Gasteiger charge is 2.12. The molecule has 2 rings (SSSR count). The summed E-state index contributed by atoms with van der Waals surface area (Å²) in [7, 11) is 0. The molecule has 0 unspecified atom stereocenters. The Labute approximate surface area is 72.8 Å². The van der Waals surface area contributed by atoms with Gasteiger partial charge in [0.15, 0.2) is 0 Å². The summed E-state index contributed by atoms with van der Waals surface area (Å²) in [6, 6.07) is 0. The lowest BCUT2D eigenvalue weighted by Crippen LogP contribution is -2.08. The van der Waals surface area contributed by atoms with Gasteiger partial charge in [0.2, 0.25) is 0 Å². The van der Waals surface area contributed by atoms with Gasteiger partial charge in [0.05, 0.1) is 0 Å². The molecule has 1 nitrogen and oxygen atoms in total. The number of fused-ring (bicyclic) bond motifs is 1. The summed E-state index contributed by atoms with van der Waals surface area (Å²) in [5.41, 5.74) is 2.88. The maximum absolute atomic E-state index is 4.40. The minimum absolute atomic E-state index is 1.15. The van der Waals surface area contributed by atoms with E-state index in [0.29, 0.717) is 0 Å². The second-order valence-corrected chi connectivity index (χ2v) is 3.72. The highest BCUT2D eigenvalue weighted by Crippen LogP contribution is 2.25. The quantitative estimate of drug-likeness (QED) is 0.566. The van der Waals surface area contributed by atoms with Gasteiger partial charge < -0.3 is 4.57 Å². The first-order chi connectivity index (χ1) is 5.29. The maximum atomic E-state index is 4.40. The molecule has 0 N–H and O–H groups in total. The molecule has 0 saturated carbocycles. The Morgan fingerprint density at radius 3 is 3.00 bits per heavy atom. The first-order valence-corrected chi connectivity index (χ1v) is 4.61. The van der Waals surface area contributed by atoms with Crippen LogP contribution in [0, 0.1) is 6.92 Å². The number of aryl methyl sites for hydroxylation is 1. The van der Waals surface area contributed by atoms with Crippen molar-refractivity contribution in [2.45, 2.75) is 37.6 Å². The van der Waals surface area contributed by atoms with Gasteiger partial charge in [-0.15, -0.1) is 12.6 Å². The van der Waals surface area contributed by atoms with E-state index in [2.05, 4.69) is 30.3 Å². The second-order valence-electron chi connectivity index (χ2n) is 3.24. The molecular weight excluding hydrogens is 154 g/mol. The number of thiol groups is 1. The molecule has 0 bridgehead atoms. The van der Waals surface area contributed by atoms with Crippen LogP contribution in [0.5, 0.6) is 0 Å². The fourth-order valence-corrected chi connectivity index (χ4v) is 2.06. The zero-order valence-electron chi connectivity index (χ0n) is 6.80. The molecule has 0 fully saturated rings. The lowest BCUT2D eigenvalue weighted by Gasteiger charge is -2.15. The number of nitrogens with zero attached hydrogens (tertiary/aromatic N) is 1. The van der Waals surface area contributed by atoms with E-state index in [1.165, 1.54) is 37.1 Å². The van der Waals surface area contributed by atoms with Gasteiger partial charge in [-0.3, -0.25) is 0 Å². The summed E-state index contributed by atoms with van der Waals surface area (Å²) in [4.78, 5) is 1.15. The second kappa shape index (κ2) is 2.59. The fraction of sp³-hybridized carbons (Fsp3) is 0.556. The summed E-state index contributed by atoms with van der Waals surface area (Å²) in [5, 5.41) is 0. The molecule has 2 heteroatoms. The highest BCUT2D eigenvalue weighted by molar-refractivity contribution is 7.80. The van der Waals surface area contributed by atoms with E-state index in [1.807, 2.05) is 0 Å². The molecule has 0 atom stereocenters. The average Bonchev–Trinajstić information content (AvgIpc) is 2.30. The molecule has 1 aromatic rings. The molecule has 0 spiro atoms. The van der Waals surface area contributed by atoms with Crippen molar-refractivity contribution in [1.82, 2.24) is 4.57 Å². The Morgan fingerprint density at radius 2 is 2.27 bits per heavy atom. The van der Waals surface area contributed by atoms with E-state index < -0.39 is 0 Å². The molecule has 0 radical (unpaired) electrons. The molecule has 0 saturated heterocycles. The lowest BCUT2D eigenvalue weighted by atomic mass is 10.1. The van der Waals surface area contributed by atoms with Crippen LogP contribution in [0.1, 0.15) is 24.1 Å². The summed E-state index contributed by atoms with van der Waals surface area (Å²) in [5.74, 6) is 0. The molecule has 1 aliphatic rings. The fourth-order valence-electron chi connectivity index (χ4n) is 1.79. The van der Waals surface area contributed by atoms with Crippen LogP contribution in [0.4, 0.5) is 0 Å². The van der Waals surface area contributed by atoms with E-state index in [0.717, 1.165) is 4.90 Å². The van der Waals surface area contributed by atoms with E-state index in [9.17, 15) is 0 Å². The maximum Gasteiger partial charge on any atom is 0.0250 e. The zero-order chi connectivity index (χ0) is 7.84. The van der Waals surface area contributed by atoms with Gasteiger partial charge in [0, 0.05) is 23.3 Å². The molecule has 0 amide bonds. The average molecular weight is 167 g/mol. The van der Waals surface area contributed by atoms with Crippen LogP contribution in [-0.4, -0.2) is 4.57 Å². The molecule has 0 aromatic carbocycles. The third-order valence-electron chi connectivity index (χ3n) is 2.50. The Balaban J connectivity index is 2.50. The third kappa shape index (κ3) is 1.09. The smallest absolute Gasteiger partial charge is 0.0250 e. The van der Waals surface area contributed by atoms with E-state index in [4.69, 9.17) is 0 Å². The van der Waals surface area contributed by atoms with Gasteiger partial charge in [0.1, 0.15) is 0 Å². The molecular formula is C9H13NS. The summed E-state index contributed by atoms with van der Waals surface area (Å²) in [6.45, 7) is 3.36. The molecule has 1 aromatic heterocycles. The third-order valence-corrected chi connectivity index (χ3v) is 2.96. The number of rotatable bonds is 0. The van der Waals surface area contributed by atoms with Gasteiger partial charge in [-0.05, 0) is 31.7 Å². The van der Waals surface area contributed by atoms with Crippen LogP contribution in [0.3, 0.4) is 0 Å². The topological polar surface area (TPSA) is 4.93 Å². The molecule has 11 heavy (non-hydrogen) atoms. The van der Waals surface area contributed by atoms with Crippen LogP contribution in [0.15, 0.2) is 11.1 Å². The van der Waals surface area contributed by atoms with Crippen LogP contribution in [0.25, 0.3) is 0 Å². The van der Waals surface area contributed by atoms with Crippen molar-refractivity contribution in [2.75, 3.05) is 0 Å². The number of hydrogen-bond acceptors (Lipinski definition) is 1. The SMILES string of the molecule is Cc1c(S)cn2c1CCCC2. The minimum Gasteiger partial charge on any atom is -0.350 e. The van der Waals surface area contributed by atoms with E-state index in [1.54, 1.807) is 0 Å². The zero-order valence-corrected chi connectivity index (χ0v) is 7.69. The lowest BCUT2D eigenvalue weighted by molar-refractivity contribution is 0.531. The van der Waals surface area contributed by atoms with E-state index >= 15 is 0 Å².